The minimum atomic E-state index is -0.422. The number of likely N-dealkylation sites (tertiary alicyclic amines) is 1. The van der Waals surface area contributed by atoms with Gasteiger partial charge in [0.05, 0.1) is 11.4 Å². The Bertz CT molecular complexity index is 958. The van der Waals surface area contributed by atoms with Gasteiger partial charge in [0.2, 0.25) is 5.91 Å². The molecule has 3 heterocycles. The zero-order chi connectivity index (χ0) is 19.0. The van der Waals surface area contributed by atoms with Crippen LogP contribution in [0.5, 0.6) is 0 Å². The summed E-state index contributed by atoms with van der Waals surface area (Å²) in [5.41, 5.74) is 0.449. The van der Waals surface area contributed by atoms with Crippen molar-refractivity contribution in [1.29, 1.82) is 0 Å². The summed E-state index contributed by atoms with van der Waals surface area (Å²) in [7, 11) is 0. The summed E-state index contributed by atoms with van der Waals surface area (Å²) >= 11 is 0. The second-order valence-electron chi connectivity index (χ2n) is 7.25. The third kappa shape index (κ3) is 3.65. The lowest BCUT2D eigenvalue weighted by atomic mass is 9.99. The molecule has 0 radical (unpaired) electrons. The summed E-state index contributed by atoms with van der Waals surface area (Å²) in [6.07, 6.45) is 2.64. The topological polar surface area (TPSA) is 94.3 Å². The van der Waals surface area contributed by atoms with Crippen molar-refractivity contribution in [2.24, 2.45) is 5.92 Å². The van der Waals surface area contributed by atoms with Crippen molar-refractivity contribution in [3.05, 3.63) is 46.0 Å². The Kier molecular flexibility index (Phi) is 4.55. The molecule has 2 saturated heterocycles. The van der Waals surface area contributed by atoms with Crippen LogP contribution < -0.4 is 16.2 Å². The van der Waals surface area contributed by atoms with Gasteiger partial charge in [-0.3, -0.25) is 9.59 Å². The number of urea groups is 1. The lowest BCUT2D eigenvalue weighted by molar-refractivity contribution is -0.124. The zero-order valence-corrected chi connectivity index (χ0v) is 14.8. The number of nitrogens with zero attached hydrogens (tertiary/aromatic N) is 1. The molecule has 2 aliphatic rings. The summed E-state index contributed by atoms with van der Waals surface area (Å²) in [5, 5.41) is 6.45. The summed E-state index contributed by atoms with van der Waals surface area (Å²) in [5.74, 6) is -0.581. The number of amides is 3. The van der Waals surface area contributed by atoms with Gasteiger partial charge in [-0.25, -0.2) is 9.18 Å². The molecule has 1 aromatic carbocycles. The average Bonchev–Trinajstić information content (AvgIpc) is 2.88. The number of nitrogens with one attached hydrogen (secondary N) is 3. The minimum Gasteiger partial charge on any atom is -0.351 e. The van der Waals surface area contributed by atoms with Gasteiger partial charge in [-0.1, -0.05) is 6.42 Å². The van der Waals surface area contributed by atoms with Crippen LogP contribution in [0.1, 0.15) is 24.8 Å². The molecule has 0 spiro atoms. The number of hydrogen-bond acceptors (Lipinski definition) is 3. The van der Waals surface area contributed by atoms with E-state index in [2.05, 4.69) is 15.6 Å². The molecule has 7 nitrogen and oxygen atoms in total. The summed E-state index contributed by atoms with van der Waals surface area (Å²) in [6.45, 7) is 0.928. The van der Waals surface area contributed by atoms with Gasteiger partial charge in [-0.05, 0) is 42.5 Å². The fourth-order valence-corrected chi connectivity index (χ4v) is 3.85. The van der Waals surface area contributed by atoms with Crippen molar-refractivity contribution in [2.75, 3.05) is 13.1 Å². The Balaban J connectivity index is 1.47. The molecule has 0 saturated carbocycles. The molecular formula is C19H21FN4O3. The van der Waals surface area contributed by atoms with Gasteiger partial charge >= 0.3 is 6.03 Å². The highest BCUT2D eigenvalue weighted by Gasteiger charge is 2.34. The first kappa shape index (κ1) is 17.5. The first-order valence-electron chi connectivity index (χ1n) is 9.14. The van der Waals surface area contributed by atoms with Crippen LogP contribution in [-0.2, 0) is 11.3 Å². The fourth-order valence-electron chi connectivity index (χ4n) is 3.85. The van der Waals surface area contributed by atoms with Crippen LogP contribution in [0.2, 0.25) is 0 Å². The number of carbonyl (C=O) groups excluding carboxylic acids is 2. The molecule has 2 aliphatic heterocycles. The van der Waals surface area contributed by atoms with Gasteiger partial charge in [-0.2, -0.15) is 0 Å². The van der Waals surface area contributed by atoms with Gasteiger partial charge in [0.25, 0.3) is 5.56 Å². The maximum Gasteiger partial charge on any atom is 0.317 e. The number of carbonyl (C=O) groups is 2. The van der Waals surface area contributed by atoms with Crippen molar-refractivity contribution in [3.63, 3.8) is 0 Å². The van der Waals surface area contributed by atoms with Crippen LogP contribution in [0.4, 0.5) is 9.18 Å². The number of benzene rings is 1. The molecule has 1 aromatic heterocycles. The quantitative estimate of drug-likeness (QED) is 0.745. The van der Waals surface area contributed by atoms with Crippen LogP contribution in [0.3, 0.4) is 0 Å². The van der Waals surface area contributed by atoms with Crippen LogP contribution >= 0.6 is 0 Å². The zero-order valence-electron chi connectivity index (χ0n) is 14.8. The molecule has 0 aliphatic carbocycles. The van der Waals surface area contributed by atoms with E-state index in [0.29, 0.717) is 29.6 Å². The van der Waals surface area contributed by atoms with E-state index in [1.54, 1.807) is 17.0 Å². The number of halogens is 1. The number of rotatable bonds is 2. The van der Waals surface area contributed by atoms with Crippen molar-refractivity contribution in [3.8, 4) is 0 Å². The fraction of sp³-hybridized carbons (Fsp3) is 0.421. The number of H-pyrrole nitrogens is 1. The van der Waals surface area contributed by atoms with Gasteiger partial charge < -0.3 is 20.5 Å². The standard InChI is InChI=1S/C19H21FN4O3/c20-14-5-4-11-6-13(18(26)23-16(11)7-14)8-21-19(27)24-9-12-2-1-3-15(10-24)22-17(12)25/h4-7,12,15H,1-3,8-10H2,(H,21,27)(H,22,25)(H,23,26). The van der Waals surface area contributed by atoms with Gasteiger partial charge in [0.1, 0.15) is 5.82 Å². The monoisotopic (exact) mass is 372 g/mol. The lowest BCUT2D eigenvalue weighted by Gasteiger charge is -2.27. The van der Waals surface area contributed by atoms with E-state index < -0.39 is 5.82 Å². The lowest BCUT2D eigenvalue weighted by Crippen LogP contribution is -2.46. The molecule has 3 N–H and O–H groups in total. The molecule has 142 valence electrons. The molecule has 2 fully saturated rings. The van der Waals surface area contributed by atoms with Crippen LogP contribution in [0.15, 0.2) is 29.1 Å². The third-order valence-electron chi connectivity index (χ3n) is 5.31. The van der Waals surface area contributed by atoms with Crippen molar-refractivity contribution >= 4 is 22.8 Å². The number of pyridine rings is 1. The molecular weight excluding hydrogens is 351 g/mol. The number of hydrogen-bond donors (Lipinski definition) is 3. The van der Waals surface area contributed by atoms with E-state index in [9.17, 15) is 18.8 Å². The Morgan fingerprint density at radius 3 is 2.93 bits per heavy atom. The molecule has 3 amide bonds. The van der Waals surface area contributed by atoms with E-state index in [1.807, 2.05) is 0 Å². The smallest absolute Gasteiger partial charge is 0.317 e. The predicted octanol–water partition coefficient (Wildman–Crippen LogP) is 1.48. The van der Waals surface area contributed by atoms with Crippen molar-refractivity contribution in [1.82, 2.24) is 20.5 Å². The first-order valence-corrected chi connectivity index (χ1v) is 9.14. The van der Waals surface area contributed by atoms with E-state index >= 15 is 0 Å². The Labute approximate surface area is 154 Å². The van der Waals surface area contributed by atoms with Crippen LogP contribution in [0.25, 0.3) is 10.9 Å². The van der Waals surface area contributed by atoms with E-state index in [1.165, 1.54) is 12.1 Å². The molecule has 2 aromatic rings. The first-order chi connectivity index (χ1) is 13.0. The minimum absolute atomic E-state index is 0.0188. The highest BCUT2D eigenvalue weighted by molar-refractivity contribution is 5.82. The maximum atomic E-state index is 13.3. The van der Waals surface area contributed by atoms with E-state index in [-0.39, 0.29) is 36.0 Å². The Morgan fingerprint density at radius 2 is 2.07 bits per heavy atom. The average molecular weight is 372 g/mol. The maximum absolute atomic E-state index is 13.3. The third-order valence-corrected chi connectivity index (χ3v) is 5.31. The van der Waals surface area contributed by atoms with Gasteiger partial charge in [-0.15, -0.1) is 0 Å². The molecule has 2 unspecified atom stereocenters. The molecule has 2 atom stereocenters. The highest BCUT2D eigenvalue weighted by Crippen LogP contribution is 2.22. The summed E-state index contributed by atoms with van der Waals surface area (Å²) in [4.78, 5) is 41.2. The van der Waals surface area contributed by atoms with E-state index in [0.717, 1.165) is 19.3 Å². The van der Waals surface area contributed by atoms with Crippen LogP contribution in [0, 0.1) is 11.7 Å². The SMILES string of the molecule is O=C1NC2CCCC1CN(C(=O)NCc1cc3ccc(F)cc3[nH]c1=O)C2. The van der Waals surface area contributed by atoms with Crippen molar-refractivity contribution < 1.29 is 14.0 Å². The number of aromatic nitrogens is 1. The van der Waals surface area contributed by atoms with Crippen molar-refractivity contribution in [2.45, 2.75) is 31.8 Å². The molecule has 2 bridgehead atoms. The second kappa shape index (κ2) is 7.02. The Morgan fingerprint density at radius 1 is 1.22 bits per heavy atom. The summed E-state index contributed by atoms with van der Waals surface area (Å²) < 4.78 is 13.3. The largest absolute Gasteiger partial charge is 0.351 e. The molecule has 27 heavy (non-hydrogen) atoms. The van der Waals surface area contributed by atoms with E-state index in [4.69, 9.17) is 0 Å². The molecule has 4 rings (SSSR count). The van der Waals surface area contributed by atoms with Gasteiger partial charge in [0, 0.05) is 31.2 Å². The van der Waals surface area contributed by atoms with Crippen LogP contribution in [-0.4, -0.2) is 41.0 Å². The Hall–Kier alpha value is -2.90. The number of fused-ring (bicyclic) bond motifs is 4. The second-order valence-corrected chi connectivity index (χ2v) is 7.25. The summed E-state index contributed by atoms with van der Waals surface area (Å²) in [6, 6.07) is 5.51. The normalized spacial score (nSPS) is 22.3. The van der Waals surface area contributed by atoms with Gasteiger partial charge in [0.15, 0.2) is 0 Å². The number of aromatic amines is 1. The predicted molar refractivity (Wildman–Crippen MR) is 97.6 cm³/mol. The molecule has 8 heteroatoms. The highest BCUT2D eigenvalue weighted by atomic mass is 19.1.